The van der Waals surface area contributed by atoms with Gasteiger partial charge >= 0.3 is 7.60 Å². The van der Waals surface area contributed by atoms with Gasteiger partial charge in [-0.1, -0.05) is 0 Å². The van der Waals surface area contributed by atoms with Crippen molar-refractivity contribution in [3.05, 3.63) is 0 Å². The van der Waals surface area contributed by atoms with Crippen LogP contribution in [0.1, 0.15) is 6.42 Å². The smallest absolute Gasteiger partial charge is 0.323 e. The molecule has 0 aromatic rings. The Labute approximate surface area is 67.6 Å². The van der Waals surface area contributed by atoms with Crippen molar-refractivity contribution in [1.29, 1.82) is 0 Å². The zero-order valence-corrected chi connectivity index (χ0v) is 7.85. The third-order valence-electron chi connectivity index (χ3n) is 1.13. The maximum atomic E-state index is 10.5. The van der Waals surface area contributed by atoms with E-state index >= 15 is 0 Å². The second kappa shape index (κ2) is 4.33. The molecule has 0 radical (unpaired) electrons. The fourth-order valence-electron chi connectivity index (χ4n) is 0.455. The highest BCUT2D eigenvalue weighted by Crippen LogP contribution is 2.39. The van der Waals surface area contributed by atoms with Crippen molar-refractivity contribution in [2.24, 2.45) is 5.73 Å². The second-order valence-corrected chi connectivity index (χ2v) is 5.62. The van der Waals surface area contributed by atoms with Crippen LogP contribution >= 0.6 is 7.60 Å². The molecule has 0 amide bonds. The van der Waals surface area contributed by atoms with E-state index in [9.17, 15) is 8.77 Å². The summed E-state index contributed by atoms with van der Waals surface area (Å²) in [6, 6.07) is 0. The summed E-state index contributed by atoms with van der Waals surface area (Å²) >= 11 is 0. The van der Waals surface area contributed by atoms with E-state index in [4.69, 9.17) is 15.5 Å². The van der Waals surface area contributed by atoms with Crippen molar-refractivity contribution < 1.29 is 18.6 Å². The van der Waals surface area contributed by atoms with Crippen molar-refractivity contribution in [3.63, 3.8) is 0 Å². The Bertz CT molecular complexity index is 191. The van der Waals surface area contributed by atoms with E-state index in [0.29, 0.717) is 0 Å². The van der Waals surface area contributed by atoms with E-state index in [1.807, 2.05) is 0 Å². The molecule has 5 nitrogen and oxygen atoms in total. The van der Waals surface area contributed by atoms with E-state index in [1.165, 1.54) is 6.26 Å². The molecule has 11 heavy (non-hydrogen) atoms. The van der Waals surface area contributed by atoms with Crippen LogP contribution in [0.3, 0.4) is 0 Å². The van der Waals surface area contributed by atoms with Crippen molar-refractivity contribution in [2.45, 2.75) is 12.2 Å². The van der Waals surface area contributed by atoms with Gasteiger partial charge in [0, 0.05) is 22.8 Å². The Morgan fingerprint density at radius 1 is 1.64 bits per heavy atom. The molecule has 0 aliphatic heterocycles. The quantitative estimate of drug-likeness (QED) is 0.518. The molecule has 0 aromatic heterocycles. The molecule has 0 spiro atoms. The maximum Gasteiger partial charge on any atom is 0.342 e. The topological polar surface area (TPSA) is 101 Å². The van der Waals surface area contributed by atoms with Gasteiger partial charge in [-0.25, -0.2) is 0 Å². The largest absolute Gasteiger partial charge is 0.342 e. The first-order valence-corrected chi connectivity index (χ1v) is 6.35. The molecule has 0 aliphatic carbocycles. The molecule has 0 rings (SSSR count). The molecule has 0 saturated heterocycles. The molecule has 7 heteroatoms. The van der Waals surface area contributed by atoms with Gasteiger partial charge in [-0.05, 0) is 6.42 Å². The van der Waals surface area contributed by atoms with Gasteiger partial charge < -0.3 is 15.5 Å². The van der Waals surface area contributed by atoms with Crippen LogP contribution in [0, 0.1) is 0 Å². The highest BCUT2D eigenvalue weighted by atomic mass is 32.2. The van der Waals surface area contributed by atoms with Gasteiger partial charge in [0.1, 0.15) is 5.78 Å². The predicted octanol–water partition coefficient (Wildman–Crippen LogP) is -0.782. The molecule has 2 atom stereocenters. The first kappa shape index (κ1) is 11.3. The van der Waals surface area contributed by atoms with Gasteiger partial charge in [-0.3, -0.25) is 8.77 Å². The van der Waals surface area contributed by atoms with E-state index < -0.39 is 24.2 Å². The maximum absolute atomic E-state index is 10.5. The van der Waals surface area contributed by atoms with Gasteiger partial charge in [-0.15, -0.1) is 0 Å². The van der Waals surface area contributed by atoms with Gasteiger partial charge in [0.25, 0.3) is 0 Å². The fourth-order valence-corrected chi connectivity index (χ4v) is 1.68. The SMILES string of the molecule is C[S@](=O)CC[C@H](N)P(=O)(O)O. The zero-order valence-electron chi connectivity index (χ0n) is 6.14. The zero-order chi connectivity index (χ0) is 9.07. The highest BCUT2D eigenvalue weighted by Gasteiger charge is 2.23. The Morgan fingerprint density at radius 2 is 2.09 bits per heavy atom. The molecule has 0 bridgehead atoms. The summed E-state index contributed by atoms with van der Waals surface area (Å²) < 4.78 is 20.9. The first-order valence-electron chi connectivity index (χ1n) is 2.95. The summed E-state index contributed by atoms with van der Waals surface area (Å²) in [5.74, 6) is -0.946. The monoisotopic (exact) mass is 201 g/mol. The Balaban J connectivity index is 3.80. The molecule has 0 aromatic carbocycles. The average Bonchev–Trinajstić information content (AvgIpc) is 1.80. The molecule has 68 valence electrons. The molecule has 0 saturated carbocycles. The number of nitrogens with two attached hydrogens (primary N) is 1. The summed E-state index contributed by atoms with van der Waals surface area (Å²) in [6.07, 6.45) is 1.56. The molecule has 0 unspecified atom stereocenters. The lowest BCUT2D eigenvalue weighted by atomic mass is 10.5. The molecular weight excluding hydrogens is 189 g/mol. The summed E-state index contributed by atoms with van der Waals surface area (Å²) in [5, 5.41) is 0. The fraction of sp³-hybridized carbons (Fsp3) is 1.00. The summed E-state index contributed by atoms with van der Waals surface area (Å²) in [6.45, 7) is 0. The average molecular weight is 201 g/mol. The van der Waals surface area contributed by atoms with Crippen molar-refractivity contribution >= 4 is 18.4 Å². The molecule has 0 fully saturated rings. The predicted molar refractivity (Wildman–Crippen MR) is 43.6 cm³/mol. The van der Waals surface area contributed by atoms with E-state index in [2.05, 4.69) is 0 Å². The summed E-state index contributed by atoms with van der Waals surface area (Å²) in [4.78, 5) is 17.0. The van der Waals surface area contributed by atoms with Crippen LogP contribution in [-0.2, 0) is 15.4 Å². The minimum atomic E-state index is -4.17. The number of hydrogen-bond acceptors (Lipinski definition) is 3. The van der Waals surface area contributed by atoms with Gasteiger partial charge in [0.15, 0.2) is 0 Å². The van der Waals surface area contributed by atoms with Crippen LogP contribution in [0.5, 0.6) is 0 Å². The Hall–Kier alpha value is 0.260. The van der Waals surface area contributed by atoms with E-state index in [1.54, 1.807) is 0 Å². The summed E-state index contributed by atoms with van der Waals surface area (Å²) in [5.41, 5.74) is 5.10. The third-order valence-corrected chi connectivity index (χ3v) is 3.07. The van der Waals surface area contributed by atoms with E-state index in [-0.39, 0.29) is 12.2 Å². The lowest BCUT2D eigenvalue weighted by molar-refractivity contribution is 0.357. The third kappa shape index (κ3) is 5.52. The molecular formula is C4H12NO4PS. The Morgan fingerprint density at radius 3 is 2.36 bits per heavy atom. The van der Waals surface area contributed by atoms with Crippen LogP contribution in [0.4, 0.5) is 0 Å². The highest BCUT2D eigenvalue weighted by molar-refractivity contribution is 7.84. The van der Waals surface area contributed by atoms with Crippen LogP contribution in [0.25, 0.3) is 0 Å². The van der Waals surface area contributed by atoms with Gasteiger partial charge in [0.2, 0.25) is 0 Å². The van der Waals surface area contributed by atoms with Crippen LogP contribution < -0.4 is 5.73 Å². The number of rotatable bonds is 4. The molecule has 4 N–H and O–H groups in total. The van der Waals surface area contributed by atoms with Crippen molar-refractivity contribution in [2.75, 3.05) is 12.0 Å². The van der Waals surface area contributed by atoms with Crippen molar-refractivity contribution in [3.8, 4) is 0 Å². The minimum absolute atomic E-state index is 0.0907. The van der Waals surface area contributed by atoms with Crippen LogP contribution in [0.15, 0.2) is 0 Å². The molecule has 0 heterocycles. The normalized spacial score (nSPS) is 17.8. The Kier molecular flexibility index (Phi) is 4.43. The minimum Gasteiger partial charge on any atom is -0.323 e. The standard InChI is InChI=1S/C4H12NO4PS/c1-11(9)3-2-4(5)10(6,7)8/h4H,2-3,5H2,1H3,(H2,6,7,8)/t4-,11+/m1/s1. The second-order valence-electron chi connectivity index (χ2n) is 2.22. The lowest BCUT2D eigenvalue weighted by Gasteiger charge is -2.11. The van der Waals surface area contributed by atoms with Gasteiger partial charge in [-0.2, -0.15) is 0 Å². The lowest BCUT2D eigenvalue weighted by Crippen LogP contribution is -2.22. The van der Waals surface area contributed by atoms with Crippen LogP contribution in [-0.4, -0.2) is 31.8 Å². The summed E-state index contributed by atoms with van der Waals surface area (Å²) in [7, 11) is -5.21. The van der Waals surface area contributed by atoms with Crippen molar-refractivity contribution in [1.82, 2.24) is 0 Å². The van der Waals surface area contributed by atoms with Gasteiger partial charge in [0.05, 0.1) is 0 Å². The van der Waals surface area contributed by atoms with E-state index in [0.717, 1.165) is 0 Å². The molecule has 0 aliphatic rings. The number of hydrogen-bond donors (Lipinski definition) is 3. The van der Waals surface area contributed by atoms with Crippen LogP contribution in [0.2, 0.25) is 0 Å². The first-order chi connectivity index (χ1) is 4.84.